The van der Waals surface area contributed by atoms with Crippen LogP contribution in [-0.2, 0) is 11.0 Å². The zero-order valence-corrected chi connectivity index (χ0v) is 9.03. The summed E-state index contributed by atoms with van der Waals surface area (Å²) >= 11 is 0. The van der Waals surface area contributed by atoms with Gasteiger partial charge in [0.1, 0.15) is 0 Å². The van der Waals surface area contributed by atoms with Gasteiger partial charge in [-0.05, 0) is 23.7 Å². The number of anilines is 1. The van der Waals surface area contributed by atoms with Gasteiger partial charge in [0.25, 0.3) is 0 Å². The minimum absolute atomic E-state index is 0.00144. The minimum Gasteiger partial charge on any atom is -0.423 e. The van der Waals surface area contributed by atoms with Gasteiger partial charge in [0.15, 0.2) is 0 Å². The van der Waals surface area contributed by atoms with E-state index in [9.17, 15) is 18.0 Å². The maximum Gasteiger partial charge on any atom is 0.489 e. The van der Waals surface area contributed by atoms with Crippen LogP contribution in [0.1, 0.15) is 5.56 Å². The molecule has 0 aliphatic heterocycles. The van der Waals surface area contributed by atoms with Crippen LogP contribution in [0, 0.1) is 0 Å². The van der Waals surface area contributed by atoms with Gasteiger partial charge in [0.05, 0.1) is 12.1 Å². The molecule has 0 saturated heterocycles. The monoisotopic (exact) mass is 262 g/mol. The molecule has 0 saturated carbocycles. The molecule has 0 aliphatic rings. The van der Waals surface area contributed by atoms with Crippen molar-refractivity contribution in [1.82, 2.24) is 0 Å². The van der Waals surface area contributed by atoms with E-state index >= 15 is 0 Å². The molecule has 0 radical (unpaired) electrons. The normalized spacial score (nSPS) is 11.2. The van der Waals surface area contributed by atoms with E-state index in [0.29, 0.717) is 6.07 Å². The SMILES string of the molecule is NCC(=O)Nc1ccc(C(F)(F)F)c(B(O)O)c1. The Bertz CT molecular complexity index is 451. The van der Waals surface area contributed by atoms with Gasteiger partial charge >= 0.3 is 13.3 Å². The number of benzene rings is 1. The number of rotatable bonds is 3. The number of carbonyl (C=O) groups excluding carboxylic acids is 1. The first-order valence-corrected chi connectivity index (χ1v) is 4.83. The summed E-state index contributed by atoms with van der Waals surface area (Å²) in [4.78, 5) is 11.0. The Balaban J connectivity index is 3.16. The number of nitrogens with one attached hydrogen (secondary N) is 1. The van der Waals surface area contributed by atoms with Crippen LogP contribution >= 0.6 is 0 Å². The number of amides is 1. The van der Waals surface area contributed by atoms with Crippen molar-refractivity contribution in [3.8, 4) is 0 Å². The predicted octanol–water partition coefficient (Wildman–Crippen LogP) is -0.718. The van der Waals surface area contributed by atoms with E-state index < -0.39 is 30.2 Å². The van der Waals surface area contributed by atoms with Crippen LogP contribution in [0.4, 0.5) is 18.9 Å². The van der Waals surface area contributed by atoms with Crippen molar-refractivity contribution in [1.29, 1.82) is 0 Å². The van der Waals surface area contributed by atoms with Gasteiger partial charge in [-0.3, -0.25) is 4.79 Å². The molecule has 0 aliphatic carbocycles. The molecule has 1 aromatic rings. The summed E-state index contributed by atoms with van der Waals surface area (Å²) in [6.07, 6.45) is -4.71. The summed E-state index contributed by atoms with van der Waals surface area (Å²) in [6.45, 7) is -0.335. The second-order valence-corrected chi connectivity index (χ2v) is 3.43. The molecule has 0 unspecified atom stereocenters. The van der Waals surface area contributed by atoms with Gasteiger partial charge in [-0.15, -0.1) is 0 Å². The van der Waals surface area contributed by atoms with Crippen LogP contribution in [0.5, 0.6) is 0 Å². The molecule has 5 nitrogen and oxygen atoms in total. The van der Waals surface area contributed by atoms with Gasteiger partial charge in [0.2, 0.25) is 5.91 Å². The largest absolute Gasteiger partial charge is 0.489 e. The third-order valence-electron chi connectivity index (χ3n) is 2.10. The number of nitrogens with two attached hydrogens (primary N) is 1. The summed E-state index contributed by atoms with van der Waals surface area (Å²) in [6, 6.07) is 2.49. The zero-order chi connectivity index (χ0) is 13.9. The smallest absolute Gasteiger partial charge is 0.423 e. The van der Waals surface area contributed by atoms with E-state index in [4.69, 9.17) is 15.8 Å². The fourth-order valence-electron chi connectivity index (χ4n) is 1.32. The summed E-state index contributed by atoms with van der Waals surface area (Å²) in [7, 11) is -2.30. The summed E-state index contributed by atoms with van der Waals surface area (Å²) in [5, 5.41) is 20.0. The lowest BCUT2D eigenvalue weighted by Crippen LogP contribution is -2.36. The predicted molar refractivity (Wildman–Crippen MR) is 59.0 cm³/mol. The summed E-state index contributed by atoms with van der Waals surface area (Å²) in [5.41, 5.74) is 3.11. The Morgan fingerprint density at radius 2 is 2.00 bits per heavy atom. The highest BCUT2D eigenvalue weighted by Crippen LogP contribution is 2.28. The van der Waals surface area contributed by atoms with Gasteiger partial charge in [-0.1, -0.05) is 0 Å². The molecular weight excluding hydrogens is 252 g/mol. The second-order valence-electron chi connectivity index (χ2n) is 3.43. The fraction of sp³-hybridized carbons (Fsp3) is 0.222. The third kappa shape index (κ3) is 3.46. The number of alkyl halides is 3. The van der Waals surface area contributed by atoms with Crippen molar-refractivity contribution >= 4 is 24.2 Å². The maximum absolute atomic E-state index is 12.5. The molecule has 0 atom stereocenters. The Labute approximate surface area is 101 Å². The number of carbonyl (C=O) groups is 1. The van der Waals surface area contributed by atoms with Crippen LogP contribution in [0.2, 0.25) is 0 Å². The Morgan fingerprint density at radius 1 is 1.39 bits per heavy atom. The van der Waals surface area contributed by atoms with Crippen molar-refractivity contribution in [3.05, 3.63) is 23.8 Å². The molecule has 1 rings (SSSR count). The molecule has 1 aromatic carbocycles. The maximum atomic E-state index is 12.5. The van der Waals surface area contributed by atoms with Crippen molar-refractivity contribution < 1.29 is 28.0 Å². The highest BCUT2D eigenvalue weighted by molar-refractivity contribution is 6.59. The molecule has 1 amide bonds. The van der Waals surface area contributed by atoms with E-state index in [-0.39, 0.29) is 12.2 Å². The molecule has 0 aromatic heterocycles. The quantitative estimate of drug-likeness (QED) is 0.541. The van der Waals surface area contributed by atoms with Gasteiger partial charge in [0, 0.05) is 5.69 Å². The van der Waals surface area contributed by atoms with E-state index in [2.05, 4.69) is 5.32 Å². The van der Waals surface area contributed by atoms with Crippen LogP contribution in [-0.4, -0.2) is 29.6 Å². The average Bonchev–Trinajstić information content (AvgIpc) is 2.27. The Morgan fingerprint density at radius 3 is 2.44 bits per heavy atom. The standard InChI is InChI=1S/C9H10BF3N2O3/c11-9(12,13)6-2-1-5(15-8(16)4-14)3-7(6)10(17)18/h1-3,17-18H,4,14H2,(H,15,16). The number of halogens is 3. The molecule has 0 bridgehead atoms. The third-order valence-corrected chi connectivity index (χ3v) is 2.10. The molecule has 5 N–H and O–H groups in total. The van der Waals surface area contributed by atoms with E-state index in [1.807, 2.05) is 0 Å². The Hall–Kier alpha value is -1.58. The van der Waals surface area contributed by atoms with Gasteiger partial charge in [-0.2, -0.15) is 13.2 Å². The first-order chi connectivity index (χ1) is 8.25. The average molecular weight is 262 g/mol. The Kier molecular flexibility index (Phi) is 4.33. The van der Waals surface area contributed by atoms with E-state index in [0.717, 1.165) is 12.1 Å². The molecule has 0 heterocycles. The van der Waals surface area contributed by atoms with Crippen molar-refractivity contribution in [2.45, 2.75) is 6.18 Å². The van der Waals surface area contributed by atoms with Crippen molar-refractivity contribution in [2.24, 2.45) is 5.73 Å². The first kappa shape index (κ1) is 14.5. The summed E-state index contributed by atoms with van der Waals surface area (Å²) in [5.74, 6) is -0.604. The van der Waals surface area contributed by atoms with Crippen molar-refractivity contribution in [2.75, 3.05) is 11.9 Å². The zero-order valence-electron chi connectivity index (χ0n) is 9.03. The molecule has 18 heavy (non-hydrogen) atoms. The molecule has 0 fully saturated rings. The van der Waals surface area contributed by atoms with Gasteiger partial charge in [-0.25, -0.2) is 0 Å². The fourth-order valence-corrected chi connectivity index (χ4v) is 1.32. The van der Waals surface area contributed by atoms with Gasteiger partial charge < -0.3 is 21.1 Å². The lowest BCUT2D eigenvalue weighted by Gasteiger charge is -2.14. The molecular formula is C9H10BF3N2O3. The highest BCUT2D eigenvalue weighted by atomic mass is 19.4. The van der Waals surface area contributed by atoms with Crippen LogP contribution in [0.25, 0.3) is 0 Å². The van der Waals surface area contributed by atoms with Crippen molar-refractivity contribution in [3.63, 3.8) is 0 Å². The lowest BCUT2D eigenvalue weighted by molar-refractivity contribution is -0.136. The van der Waals surface area contributed by atoms with Crippen LogP contribution in [0.3, 0.4) is 0 Å². The van der Waals surface area contributed by atoms with Crippen LogP contribution < -0.4 is 16.5 Å². The number of hydrogen-bond donors (Lipinski definition) is 4. The lowest BCUT2D eigenvalue weighted by atomic mass is 9.76. The number of hydrogen-bond acceptors (Lipinski definition) is 4. The first-order valence-electron chi connectivity index (χ1n) is 4.83. The molecule has 9 heteroatoms. The minimum atomic E-state index is -4.71. The second kappa shape index (κ2) is 5.38. The van der Waals surface area contributed by atoms with Crippen LogP contribution in [0.15, 0.2) is 18.2 Å². The van der Waals surface area contributed by atoms with E-state index in [1.165, 1.54) is 0 Å². The molecule has 0 spiro atoms. The van der Waals surface area contributed by atoms with E-state index in [1.54, 1.807) is 0 Å². The summed E-state index contributed by atoms with van der Waals surface area (Å²) < 4.78 is 37.6. The molecule has 98 valence electrons. The topological polar surface area (TPSA) is 95.6 Å². The highest BCUT2D eigenvalue weighted by Gasteiger charge is 2.36.